The SMILES string of the molecule is COc1ccc(Cn2cc(-c3nc(Nc4cc(F)ccn4)sc3C)cn2)cc1. The fourth-order valence-electron chi connectivity index (χ4n) is 2.79. The number of aromatic nitrogens is 4. The van der Waals surface area contributed by atoms with Gasteiger partial charge in [-0.15, -0.1) is 11.3 Å². The van der Waals surface area contributed by atoms with Crippen molar-refractivity contribution >= 4 is 22.3 Å². The summed E-state index contributed by atoms with van der Waals surface area (Å²) in [6.07, 6.45) is 5.19. The van der Waals surface area contributed by atoms with Crippen LogP contribution in [0, 0.1) is 12.7 Å². The van der Waals surface area contributed by atoms with Crippen molar-refractivity contribution in [2.24, 2.45) is 0 Å². The molecule has 28 heavy (non-hydrogen) atoms. The van der Waals surface area contributed by atoms with E-state index in [0.29, 0.717) is 17.5 Å². The van der Waals surface area contributed by atoms with Crippen LogP contribution in [0.3, 0.4) is 0 Å². The predicted octanol–water partition coefficient (Wildman–Crippen LogP) is 4.65. The topological polar surface area (TPSA) is 64.9 Å². The lowest BCUT2D eigenvalue weighted by Gasteiger charge is -2.03. The highest BCUT2D eigenvalue weighted by atomic mass is 32.1. The van der Waals surface area contributed by atoms with E-state index in [4.69, 9.17) is 4.74 Å². The average molecular weight is 395 g/mol. The molecular weight excluding hydrogens is 377 g/mol. The quantitative estimate of drug-likeness (QED) is 0.515. The highest BCUT2D eigenvalue weighted by Gasteiger charge is 2.13. The number of thiazole rings is 1. The Hall–Kier alpha value is -3.26. The number of halogens is 1. The van der Waals surface area contributed by atoms with Crippen molar-refractivity contribution in [3.8, 4) is 17.0 Å². The van der Waals surface area contributed by atoms with Crippen LogP contribution in [-0.2, 0) is 6.54 Å². The Morgan fingerprint density at radius 3 is 2.79 bits per heavy atom. The smallest absolute Gasteiger partial charge is 0.189 e. The van der Waals surface area contributed by atoms with Crippen molar-refractivity contribution in [1.82, 2.24) is 19.7 Å². The summed E-state index contributed by atoms with van der Waals surface area (Å²) in [7, 11) is 1.65. The molecule has 0 aliphatic heterocycles. The van der Waals surface area contributed by atoms with Gasteiger partial charge < -0.3 is 10.1 Å². The zero-order valence-electron chi connectivity index (χ0n) is 15.4. The molecule has 0 aliphatic rings. The number of anilines is 2. The van der Waals surface area contributed by atoms with E-state index >= 15 is 0 Å². The Morgan fingerprint density at radius 2 is 2.04 bits per heavy atom. The number of hydrogen-bond donors (Lipinski definition) is 1. The molecule has 0 unspecified atom stereocenters. The molecule has 3 heterocycles. The fourth-order valence-corrected chi connectivity index (χ4v) is 3.63. The number of pyridine rings is 1. The largest absolute Gasteiger partial charge is 0.497 e. The minimum Gasteiger partial charge on any atom is -0.497 e. The van der Waals surface area contributed by atoms with Crippen molar-refractivity contribution in [3.05, 3.63) is 71.2 Å². The first-order valence-electron chi connectivity index (χ1n) is 8.62. The number of benzene rings is 1. The molecule has 4 rings (SSSR count). The van der Waals surface area contributed by atoms with Gasteiger partial charge in [-0.25, -0.2) is 14.4 Å². The van der Waals surface area contributed by atoms with E-state index in [0.717, 1.165) is 27.4 Å². The summed E-state index contributed by atoms with van der Waals surface area (Å²) in [5, 5.41) is 8.16. The first kappa shape index (κ1) is 18.1. The van der Waals surface area contributed by atoms with Crippen molar-refractivity contribution in [2.75, 3.05) is 12.4 Å². The van der Waals surface area contributed by atoms with Crippen molar-refractivity contribution < 1.29 is 9.13 Å². The molecule has 0 saturated heterocycles. The second kappa shape index (κ2) is 7.77. The highest BCUT2D eigenvalue weighted by molar-refractivity contribution is 7.16. The number of nitrogens with zero attached hydrogens (tertiary/aromatic N) is 4. The summed E-state index contributed by atoms with van der Waals surface area (Å²) >= 11 is 1.49. The lowest BCUT2D eigenvalue weighted by atomic mass is 10.2. The summed E-state index contributed by atoms with van der Waals surface area (Å²) < 4.78 is 20.4. The van der Waals surface area contributed by atoms with Crippen LogP contribution in [0.4, 0.5) is 15.3 Å². The molecule has 0 aliphatic carbocycles. The maximum Gasteiger partial charge on any atom is 0.189 e. The Morgan fingerprint density at radius 1 is 1.21 bits per heavy atom. The van der Waals surface area contributed by atoms with Crippen LogP contribution in [0.15, 0.2) is 55.0 Å². The Bertz CT molecular complexity index is 1090. The summed E-state index contributed by atoms with van der Waals surface area (Å²) in [5.74, 6) is 0.914. The van der Waals surface area contributed by atoms with Gasteiger partial charge in [-0.3, -0.25) is 4.68 Å². The Kier molecular flexibility index (Phi) is 5.03. The van der Waals surface area contributed by atoms with Gasteiger partial charge in [0.1, 0.15) is 17.4 Å². The third-order valence-corrected chi connectivity index (χ3v) is 5.05. The van der Waals surface area contributed by atoms with Crippen molar-refractivity contribution in [1.29, 1.82) is 0 Å². The fraction of sp³-hybridized carbons (Fsp3) is 0.150. The van der Waals surface area contributed by atoms with Gasteiger partial charge in [0.05, 0.1) is 25.5 Å². The monoisotopic (exact) mass is 395 g/mol. The van der Waals surface area contributed by atoms with Gasteiger partial charge in [-0.2, -0.15) is 5.10 Å². The lowest BCUT2D eigenvalue weighted by Crippen LogP contribution is -1.99. The maximum atomic E-state index is 13.3. The normalized spacial score (nSPS) is 10.8. The van der Waals surface area contributed by atoms with Gasteiger partial charge in [0.15, 0.2) is 5.13 Å². The molecule has 142 valence electrons. The van der Waals surface area contributed by atoms with Crippen LogP contribution in [0.2, 0.25) is 0 Å². The molecule has 3 aromatic heterocycles. The molecule has 1 aromatic carbocycles. The van der Waals surface area contributed by atoms with Gasteiger partial charge in [-0.1, -0.05) is 12.1 Å². The second-order valence-electron chi connectivity index (χ2n) is 6.18. The molecule has 0 amide bonds. The van der Waals surface area contributed by atoms with Crippen LogP contribution >= 0.6 is 11.3 Å². The van der Waals surface area contributed by atoms with Gasteiger partial charge >= 0.3 is 0 Å². The molecule has 4 aromatic rings. The zero-order chi connectivity index (χ0) is 19.5. The molecule has 0 saturated carbocycles. The molecule has 0 atom stereocenters. The van der Waals surface area contributed by atoms with Crippen LogP contribution in [0.1, 0.15) is 10.4 Å². The van der Waals surface area contributed by atoms with Crippen LogP contribution in [0.25, 0.3) is 11.3 Å². The lowest BCUT2D eigenvalue weighted by molar-refractivity contribution is 0.414. The molecular formula is C20H18FN5OS. The third-order valence-electron chi connectivity index (χ3n) is 4.16. The third kappa shape index (κ3) is 4.01. The summed E-state index contributed by atoms with van der Waals surface area (Å²) in [6.45, 7) is 2.66. The number of ether oxygens (including phenoxy) is 1. The first-order valence-corrected chi connectivity index (χ1v) is 9.44. The minimum absolute atomic E-state index is 0.342. The van der Waals surface area contributed by atoms with Gasteiger partial charge in [0, 0.05) is 28.9 Å². The average Bonchev–Trinajstić information content (AvgIpc) is 3.28. The molecule has 0 fully saturated rings. The number of rotatable bonds is 6. The standard InChI is InChI=1S/C20H18FN5OS/c1-13-19(25-20(28-13)24-18-9-16(21)7-8-22-18)15-10-23-26(12-15)11-14-3-5-17(27-2)6-4-14/h3-10,12H,11H2,1-2H3,(H,22,24,25). The Balaban J connectivity index is 1.51. The number of methoxy groups -OCH3 is 1. The zero-order valence-corrected chi connectivity index (χ0v) is 16.2. The molecule has 6 nitrogen and oxygen atoms in total. The molecule has 8 heteroatoms. The van der Waals surface area contributed by atoms with E-state index in [-0.39, 0.29) is 5.82 Å². The second-order valence-corrected chi connectivity index (χ2v) is 7.39. The number of nitrogens with one attached hydrogen (secondary N) is 1. The van der Waals surface area contributed by atoms with Gasteiger partial charge in [0.2, 0.25) is 0 Å². The van der Waals surface area contributed by atoms with E-state index < -0.39 is 0 Å². The molecule has 0 bridgehead atoms. The summed E-state index contributed by atoms with van der Waals surface area (Å²) in [5.41, 5.74) is 2.91. The van der Waals surface area contributed by atoms with E-state index in [1.165, 1.54) is 29.7 Å². The van der Waals surface area contributed by atoms with E-state index in [9.17, 15) is 4.39 Å². The van der Waals surface area contributed by atoms with Gasteiger partial charge in [0.25, 0.3) is 0 Å². The molecule has 1 N–H and O–H groups in total. The maximum absolute atomic E-state index is 13.3. The summed E-state index contributed by atoms with van der Waals surface area (Å²) in [4.78, 5) is 9.77. The van der Waals surface area contributed by atoms with Crippen molar-refractivity contribution in [3.63, 3.8) is 0 Å². The van der Waals surface area contributed by atoms with E-state index in [1.807, 2.05) is 42.1 Å². The van der Waals surface area contributed by atoms with Gasteiger partial charge in [-0.05, 0) is 30.7 Å². The highest BCUT2D eigenvalue weighted by Crippen LogP contribution is 2.31. The van der Waals surface area contributed by atoms with Crippen molar-refractivity contribution in [2.45, 2.75) is 13.5 Å². The van der Waals surface area contributed by atoms with Crippen LogP contribution in [-0.4, -0.2) is 26.9 Å². The predicted molar refractivity (Wildman–Crippen MR) is 108 cm³/mol. The minimum atomic E-state index is -0.342. The molecule has 0 spiro atoms. The summed E-state index contributed by atoms with van der Waals surface area (Å²) in [6, 6.07) is 10.5. The number of hydrogen-bond acceptors (Lipinski definition) is 6. The van der Waals surface area contributed by atoms with Crippen LogP contribution in [0.5, 0.6) is 5.75 Å². The van der Waals surface area contributed by atoms with E-state index in [2.05, 4.69) is 20.4 Å². The Labute approximate surface area is 165 Å². The number of aryl methyl sites for hydroxylation is 1. The van der Waals surface area contributed by atoms with Crippen LogP contribution < -0.4 is 10.1 Å². The first-order chi connectivity index (χ1) is 13.6. The molecule has 0 radical (unpaired) electrons. The van der Waals surface area contributed by atoms with E-state index in [1.54, 1.807) is 13.3 Å².